The van der Waals surface area contributed by atoms with E-state index < -0.39 is 11.6 Å². The maximum atomic E-state index is 13.3. The quantitative estimate of drug-likeness (QED) is 0.878. The van der Waals surface area contributed by atoms with E-state index in [4.69, 9.17) is 4.74 Å². The van der Waals surface area contributed by atoms with Gasteiger partial charge in [0, 0.05) is 24.8 Å². The minimum atomic E-state index is -0.515. The molecular formula is C17H23F2NO2. The molecule has 2 N–H and O–H groups in total. The molecule has 5 heteroatoms. The van der Waals surface area contributed by atoms with Gasteiger partial charge in [0.15, 0.2) is 0 Å². The Hall–Kier alpha value is -1.04. The molecule has 1 heterocycles. The van der Waals surface area contributed by atoms with E-state index in [1.165, 1.54) is 12.1 Å². The first-order chi connectivity index (χ1) is 10.7. The summed E-state index contributed by atoms with van der Waals surface area (Å²) in [5.74, 6) is -0.480. The number of nitrogens with one attached hydrogen (secondary N) is 1. The van der Waals surface area contributed by atoms with Crippen LogP contribution in [0.1, 0.15) is 37.2 Å². The van der Waals surface area contributed by atoms with Gasteiger partial charge in [-0.15, -0.1) is 0 Å². The number of hydrogen-bond donors (Lipinski definition) is 2. The van der Waals surface area contributed by atoms with Crippen LogP contribution in [-0.2, 0) is 4.74 Å². The van der Waals surface area contributed by atoms with Crippen molar-refractivity contribution < 1.29 is 18.6 Å². The second-order valence-electron chi connectivity index (χ2n) is 6.50. The molecule has 0 radical (unpaired) electrons. The fourth-order valence-electron chi connectivity index (χ4n) is 3.56. The van der Waals surface area contributed by atoms with Gasteiger partial charge in [-0.2, -0.15) is 0 Å². The molecule has 0 spiro atoms. The van der Waals surface area contributed by atoms with Gasteiger partial charge in [-0.25, -0.2) is 8.78 Å². The number of aliphatic hydroxyl groups is 1. The van der Waals surface area contributed by atoms with Crippen LogP contribution in [0.25, 0.3) is 0 Å². The molecule has 0 aromatic heterocycles. The van der Waals surface area contributed by atoms with E-state index in [1.807, 2.05) is 0 Å². The Morgan fingerprint density at radius 3 is 2.55 bits per heavy atom. The predicted molar refractivity (Wildman–Crippen MR) is 79.7 cm³/mol. The summed E-state index contributed by atoms with van der Waals surface area (Å²) in [7, 11) is 0. The molecule has 1 aromatic carbocycles. The molecule has 2 aliphatic rings. The lowest BCUT2D eigenvalue weighted by Crippen LogP contribution is -2.51. The van der Waals surface area contributed by atoms with E-state index in [2.05, 4.69) is 5.32 Å². The Morgan fingerprint density at radius 1 is 1.23 bits per heavy atom. The lowest BCUT2D eigenvalue weighted by atomic mass is 9.75. The third-order valence-electron chi connectivity index (χ3n) is 4.91. The topological polar surface area (TPSA) is 41.5 Å². The van der Waals surface area contributed by atoms with Gasteiger partial charge in [0.2, 0.25) is 0 Å². The van der Waals surface area contributed by atoms with Crippen molar-refractivity contribution >= 4 is 0 Å². The number of hydrogen-bond acceptors (Lipinski definition) is 3. The average molecular weight is 311 g/mol. The second-order valence-corrected chi connectivity index (χ2v) is 6.50. The van der Waals surface area contributed by atoms with Crippen LogP contribution >= 0.6 is 0 Å². The fraction of sp³-hybridized carbons (Fsp3) is 0.647. The number of benzene rings is 1. The summed E-state index contributed by atoms with van der Waals surface area (Å²) >= 11 is 0. The number of halogens is 2. The van der Waals surface area contributed by atoms with E-state index in [0.29, 0.717) is 18.6 Å². The Morgan fingerprint density at radius 2 is 1.95 bits per heavy atom. The standard InChI is InChI=1S/C17H23F2NO2/c18-14-4-12(5-15(19)8-14)13-6-16(7-13)20-17(9-21)11-2-1-3-22-10-11/h4-5,8,11,13,16-17,20-21H,1-3,6-7,9-10H2. The van der Waals surface area contributed by atoms with Gasteiger partial charge in [-0.1, -0.05) is 0 Å². The summed E-state index contributed by atoms with van der Waals surface area (Å²) in [5.41, 5.74) is 0.733. The number of ether oxygens (including phenoxy) is 1. The Labute approximate surface area is 129 Å². The van der Waals surface area contributed by atoms with Crippen molar-refractivity contribution in [3.05, 3.63) is 35.4 Å². The molecule has 2 unspecified atom stereocenters. The largest absolute Gasteiger partial charge is 0.395 e. The highest BCUT2D eigenvalue weighted by atomic mass is 19.1. The van der Waals surface area contributed by atoms with Crippen LogP contribution in [0.5, 0.6) is 0 Å². The molecule has 122 valence electrons. The Kier molecular flexibility index (Phi) is 5.06. The normalized spacial score (nSPS) is 29.9. The summed E-state index contributed by atoms with van der Waals surface area (Å²) < 4.78 is 32.0. The van der Waals surface area contributed by atoms with E-state index in [1.54, 1.807) is 0 Å². The Bertz CT molecular complexity index is 479. The van der Waals surface area contributed by atoms with Crippen LogP contribution in [-0.4, -0.2) is 37.0 Å². The molecule has 1 aromatic rings. The maximum absolute atomic E-state index is 13.3. The van der Waals surface area contributed by atoms with Crippen LogP contribution < -0.4 is 5.32 Å². The number of rotatable bonds is 5. The van der Waals surface area contributed by atoms with Crippen molar-refractivity contribution in [3.8, 4) is 0 Å². The molecule has 22 heavy (non-hydrogen) atoms. The van der Waals surface area contributed by atoms with Gasteiger partial charge in [0.1, 0.15) is 11.6 Å². The highest BCUT2D eigenvalue weighted by molar-refractivity contribution is 5.25. The predicted octanol–water partition coefficient (Wildman–Crippen LogP) is 2.59. The van der Waals surface area contributed by atoms with Crippen molar-refractivity contribution in [1.29, 1.82) is 0 Å². The van der Waals surface area contributed by atoms with Gasteiger partial charge in [-0.3, -0.25) is 0 Å². The van der Waals surface area contributed by atoms with Crippen LogP contribution in [0.4, 0.5) is 8.78 Å². The van der Waals surface area contributed by atoms with Crippen LogP contribution in [0.2, 0.25) is 0 Å². The highest BCUT2D eigenvalue weighted by Gasteiger charge is 2.34. The molecule has 3 nitrogen and oxygen atoms in total. The molecule has 2 atom stereocenters. The van der Waals surface area contributed by atoms with Crippen LogP contribution in [0, 0.1) is 17.6 Å². The zero-order chi connectivity index (χ0) is 15.5. The molecule has 1 saturated heterocycles. The maximum Gasteiger partial charge on any atom is 0.126 e. The van der Waals surface area contributed by atoms with Crippen LogP contribution in [0.15, 0.2) is 18.2 Å². The minimum absolute atomic E-state index is 0.0514. The van der Waals surface area contributed by atoms with Gasteiger partial charge in [0.25, 0.3) is 0 Å². The first kappa shape index (κ1) is 15.8. The van der Waals surface area contributed by atoms with Gasteiger partial charge < -0.3 is 15.2 Å². The molecule has 3 rings (SSSR count). The van der Waals surface area contributed by atoms with Crippen molar-refractivity contribution in [1.82, 2.24) is 5.32 Å². The van der Waals surface area contributed by atoms with Gasteiger partial charge in [-0.05, 0) is 55.2 Å². The highest BCUT2D eigenvalue weighted by Crippen LogP contribution is 2.38. The monoisotopic (exact) mass is 311 g/mol. The number of aliphatic hydroxyl groups excluding tert-OH is 1. The zero-order valence-corrected chi connectivity index (χ0v) is 12.6. The van der Waals surface area contributed by atoms with Crippen molar-refractivity contribution in [2.24, 2.45) is 5.92 Å². The van der Waals surface area contributed by atoms with Crippen LogP contribution in [0.3, 0.4) is 0 Å². The minimum Gasteiger partial charge on any atom is -0.395 e. The third-order valence-corrected chi connectivity index (χ3v) is 4.91. The van der Waals surface area contributed by atoms with E-state index in [0.717, 1.165) is 43.9 Å². The Balaban J connectivity index is 1.51. The summed E-state index contributed by atoms with van der Waals surface area (Å²) in [6.07, 6.45) is 3.82. The fourth-order valence-corrected chi connectivity index (χ4v) is 3.56. The third kappa shape index (κ3) is 3.65. The van der Waals surface area contributed by atoms with Crippen molar-refractivity contribution in [2.75, 3.05) is 19.8 Å². The first-order valence-electron chi connectivity index (χ1n) is 8.06. The molecule has 2 fully saturated rings. The van der Waals surface area contributed by atoms with Gasteiger partial charge in [0.05, 0.1) is 13.2 Å². The first-order valence-corrected chi connectivity index (χ1v) is 8.06. The summed E-state index contributed by atoms with van der Waals surface area (Å²) in [4.78, 5) is 0. The van der Waals surface area contributed by atoms with E-state index in [-0.39, 0.29) is 18.6 Å². The average Bonchev–Trinajstić information content (AvgIpc) is 2.46. The summed E-state index contributed by atoms with van der Waals surface area (Å²) in [6, 6.07) is 4.10. The van der Waals surface area contributed by atoms with Gasteiger partial charge >= 0.3 is 0 Å². The summed E-state index contributed by atoms with van der Waals surface area (Å²) in [5, 5.41) is 13.1. The lowest BCUT2D eigenvalue weighted by molar-refractivity contribution is 0.0224. The van der Waals surface area contributed by atoms with E-state index in [9.17, 15) is 13.9 Å². The molecule has 1 aliphatic carbocycles. The molecule has 0 amide bonds. The smallest absolute Gasteiger partial charge is 0.126 e. The van der Waals surface area contributed by atoms with Crippen molar-refractivity contribution in [2.45, 2.75) is 43.7 Å². The SMILES string of the molecule is OCC(NC1CC(c2cc(F)cc(F)c2)C1)C1CCCOC1. The molecule has 1 aliphatic heterocycles. The lowest BCUT2D eigenvalue weighted by Gasteiger charge is -2.41. The molecule has 1 saturated carbocycles. The summed E-state index contributed by atoms with van der Waals surface area (Å²) in [6.45, 7) is 1.61. The molecule has 0 bridgehead atoms. The zero-order valence-electron chi connectivity index (χ0n) is 12.6. The van der Waals surface area contributed by atoms with Crippen molar-refractivity contribution in [3.63, 3.8) is 0 Å². The van der Waals surface area contributed by atoms with E-state index >= 15 is 0 Å². The second kappa shape index (κ2) is 7.02. The molecular weight excluding hydrogens is 288 g/mol.